The Bertz CT molecular complexity index is 506. The number of carbonyl (C=O) groups excluding carboxylic acids is 1. The fourth-order valence-electron chi connectivity index (χ4n) is 2.70. The molecule has 2 rings (SSSR count). The minimum atomic E-state index is -0.124. The van der Waals surface area contributed by atoms with Gasteiger partial charge in [-0.25, -0.2) is 0 Å². The number of nitrogens with one attached hydrogen (secondary N) is 1. The van der Waals surface area contributed by atoms with Gasteiger partial charge in [0, 0.05) is 25.2 Å². The van der Waals surface area contributed by atoms with Crippen LogP contribution >= 0.6 is 0 Å². The summed E-state index contributed by atoms with van der Waals surface area (Å²) in [6, 6.07) is 4.14. The van der Waals surface area contributed by atoms with Crippen molar-refractivity contribution in [2.24, 2.45) is 0 Å². The van der Waals surface area contributed by atoms with Crippen molar-refractivity contribution in [2.45, 2.75) is 40.2 Å². The average molecular weight is 260 g/mol. The maximum absolute atomic E-state index is 12.8. The molecule has 0 aromatic heterocycles. The molecule has 1 N–H and O–H groups in total. The topological polar surface area (TPSA) is 32.3 Å². The molecule has 1 aromatic rings. The van der Waals surface area contributed by atoms with Crippen LogP contribution in [0.3, 0.4) is 0 Å². The molecule has 1 saturated heterocycles. The third kappa shape index (κ3) is 2.66. The quantitative estimate of drug-likeness (QED) is 0.841. The van der Waals surface area contributed by atoms with Gasteiger partial charge in [-0.1, -0.05) is 6.07 Å². The molecule has 1 aliphatic rings. The number of amides is 1. The highest BCUT2D eigenvalue weighted by atomic mass is 16.2. The summed E-state index contributed by atoms with van der Waals surface area (Å²) in [4.78, 5) is 14.8. The predicted molar refractivity (Wildman–Crippen MR) is 78.6 cm³/mol. The summed E-state index contributed by atoms with van der Waals surface area (Å²) in [6.45, 7) is 12.9. The molecule has 1 aromatic carbocycles. The lowest BCUT2D eigenvalue weighted by Gasteiger charge is -2.43. The minimum Gasteiger partial charge on any atom is -0.331 e. The van der Waals surface area contributed by atoms with E-state index in [-0.39, 0.29) is 11.4 Å². The molecule has 0 atom stereocenters. The van der Waals surface area contributed by atoms with Gasteiger partial charge in [-0.05, 0) is 57.4 Å². The summed E-state index contributed by atoms with van der Waals surface area (Å²) < 4.78 is 0. The van der Waals surface area contributed by atoms with E-state index in [4.69, 9.17) is 0 Å². The first-order chi connectivity index (χ1) is 8.83. The minimum absolute atomic E-state index is 0.124. The normalized spacial score (nSPS) is 18.5. The molecule has 19 heavy (non-hydrogen) atoms. The zero-order valence-electron chi connectivity index (χ0n) is 12.6. The van der Waals surface area contributed by atoms with Crippen molar-refractivity contribution in [3.63, 3.8) is 0 Å². The van der Waals surface area contributed by atoms with Crippen LogP contribution in [0.5, 0.6) is 0 Å². The van der Waals surface area contributed by atoms with Crippen LogP contribution in [0, 0.1) is 20.8 Å². The van der Waals surface area contributed by atoms with Crippen LogP contribution in [0.1, 0.15) is 40.9 Å². The molecular weight excluding hydrogens is 236 g/mol. The highest BCUT2D eigenvalue weighted by Crippen LogP contribution is 2.23. The van der Waals surface area contributed by atoms with Gasteiger partial charge in [0.1, 0.15) is 0 Å². The van der Waals surface area contributed by atoms with E-state index in [1.54, 1.807) is 0 Å². The molecule has 0 bridgehead atoms. The third-order valence-corrected chi connectivity index (χ3v) is 4.12. The second-order valence-corrected chi connectivity index (χ2v) is 6.20. The van der Waals surface area contributed by atoms with E-state index >= 15 is 0 Å². The van der Waals surface area contributed by atoms with E-state index in [9.17, 15) is 4.79 Å². The summed E-state index contributed by atoms with van der Waals surface area (Å²) in [7, 11) is 0. The number of carbonyl (C=O) groups is 1. The van der Waals surface area contributed by atoms with Gasteiger partial charge in [-0.3, -0.25) is 4.79 Å². The lowest BCUT2D eigenvalue weighted by atomic mass is 9.95. The molecule has 1 aliphatic heterocycles. The standard InChI is InChI=1S/C16H24N2O/c1-11-8-13(3)14(9-12(11)2)15(19)18-7-6-17-10-16(18,4)5/h8-9,17H,6-7,10H2,1-5H3. The van der Waals surface area contributed by atoms with Gasteiger partial charge in [0.25, 0.3) is 5.91 Å². The van der Waals surface area contributed by atoms with Crippen LogP contribution in [0.25, 0.3) is 0 Å². The molecule has 0 saturated carbocycles. The highest BCUT2D eigenvalue weighted by molar-refractivity contribution is 5.96. The fraction of sp³-hybridized carbons (Fsp3) is 0.562. The lowest BCUT2D eigenvalue weighted by molar-refractivity contribution is 0.0476. The van der Waals surface area contributed by atoms with E-state index in [2.05, 4.69) is 39.1 Å². The number of hydrogen-bond donors (Lipinski definition) is 1. The van der Waals surface area contributed by atoms with Crippen molar-refractivity contribution < 1.29 is 4.79 Å². The van der Waals surface area contributed by atoms with Crippen molar-refractivity contribution in [2.75, 3.05) is 19.6 Å². The van der Waals surface area contributed by atoms with E-state index in [1.807, 2.05) is 17.9 Å². The number of nitrogens with zero attached hydrogens (tertiary/aromatic N) is 1. The lowest BCUT2D eigenvalue weighted by Crippen LogP contribution is -2.59. The van der Waals surface area contributed by atoms with E-state index in [1.165, 1.54) is 11.1 Å². The van der Waals surface area contributed by atoms with Crippen LogP contribution in [0.4, 0.5) is 0 Å². The number of rotatable bonds is 1. The molecule has 0 aliphatic carbocycles. The summed E-state index contributed by atoms with van der Waals surface area (Å²) >= 11 is 0. The summed E-state index contributed by atoms with van der Waals surface area (Å²) in [5.74, 6) is 0.159. The van der Waals surface area contributed by atoms with E-state index < -0.39 is 0 Å². The van der Waals surface area contributed by atoms with Crippen LogP contribution in [0.2, 0.25) is 0 Å². The third-order valence-electron chi connectivity index (χ3n) is 4.12. The monoisotopic (exact) mass is 260 g/mol. The first-order valence-corrected chi connectivity index (χ1v) is 6.93. The Morgan fingerprint density at radius 2 is 1.79 bits per heavy atom. The van der Waals surface area contributed by atoms with E-state index in [0.717, 1.165) is 30.8 Å². The molecule has 1 amide bonds. The fourth-order valence-corrected chi connectivity index (χ4v) is 2.70. The number of aryl methyl sites for hydroxylation is 3. The molecule has 0 unspecified atom stereocenters. The van der Waals surface area contributed by atoms with Crippen molar-refractivity contribution in [3.8, 4) is 0 Å². The van der Waals surface area contributed by atoms with Crippen molar-refractivity contribution >= 4 is 5.91 Å². The van der Waals surface area contributed by atoms with Crippen LogP contribution in [-0.4, -0.2) is 36.0 Å². The zero-order chi connectivity index (χ0) is 14.2. The number of benzene rings is 1. The molecule has 104 valence electrons. The maximum atomic E-state index is 12.8. The second-order valence-electron chi connectivity index (χ2n) is 6.20. The van der Waals surface area contributed by atoms with Gasteiger partial charge in [-0.15, -0.1) is 0 Å². The van der Waals surface area contributed by atoms with Gasteiger partial charge in [0.15, 0.2) is 0 Å². The Balaban J connectivity index is 2.36. The van der Waals surface area contributed by atoms with Crippen LogP contribution in [0.15, 0.2) is 12.1 Å². The summed E-state index contributed by atoms with van der Waals surface area (Å²) in [5.41, 5.74) is 4.22. The van der Waals surface area contributed by atoms with Crippen LogP contribution < -0.4 is 5.32 Å². The molecule has 3 heteroatoms. The summed E-state index contributed by atoms with van der Waals surface area (Å²) in [6.07, 6.45) is 0. The molecule has 3 nitrogen and oxygen atoms in total. The molecule has 0 radical (unpaired) electrons. The van der Waals surface area contributed by atoms with Gasteiger partial charge in [0.05, 0.1) is 5.54 Å². The molecule has 1 heterocycles. The summed E-state index contributed by atoms with van der Waals surface area (Å²) in [5, 5.41) is 3.35. The molecule has 1 fully saturated rings. The molecular formula is C16H24N2O. The van der Waals surface area contributed by atoms with Gasteiger partial charge in [-0.2, -0.15) is 0 Å². The SMILES string of the molecule is Cc1cc(C)c(C(=O)N2CCNCC2(C)C)cc1C. The van der Waals surface area contributed by atoms with Crippen LogP contribution in [-0.2, 0) is 0 Å². The van der Waals surface area contributed by atoms with Gasteiger partial charge < -0.3 is 10.2 Å². The second kappa shape index (κ2) is 4.97. The van der Waals surface area contributed by atoms with Crippen molar-refractivity contribution in [1.29, 1.82) is 0 Å². The smallest absolute Gasteiger partial charge is 0.254 e. The number of piperazine rings is 1. The van der Waals surface area contributed by atoms with Gasteiger partial charge >= 0.3 is 0 Å². The zero-order valence-corrected chi connectivity index (χ0v) is 12.6. The Labute approximate surface area is 116 Å². The predicted octanol–water partition coefficient (Wildman–Crippen LogP) is 2.44. The first kappa shape index (κ1) is 14.1. The van der Waals surface area contributed by atoms with E-state index in [0.29, 0.717) is 0 Å². The Morgan fingerprint density at radius 3 is 2.42 bits per heavy atom. The van der Waals surface area contributed by atoms with Crippen molar-refractivity contribution in [1.82, 2.24) is 10.2 Å². The largest absolute Gasteiger partial charge is 0.331 e. The maximum Gasteiger partial charge on any atom is 0.254 e. The average Bonchev–Trinajstić information content (AvgIpc) is 2.32. The Kier molecular flexibility index (Phi) is 3.68. The van der Waals surface area contributed by atoms with Gasteiger partial charge in [0.2, 0.25) is 0 Å². The van der Waals surface area contributed by atoms with Crippen molar-refractivity contribution in [3.05, 3.63) is 34.4 Å². The molecule has 0 spiro atoms. The Hall–Kier alpha value is -1.35. The Morgan fingerprint density at radius 1 is 1.16 bits per heavy atom. The first-order valence-electron chi connectivity index (χ1n) is 6.93. The highest BCUT2D eigenvalue weighted by Gasteiger charge is 2.34. The number of hydrogen-bond acceptors (Lipinski definition) is 2.